The maximum Gasteiger partial charge on any atom is 0.262 e. The number of aryl methyl sites for hydroxylation is 1. The minimum absolute atomic E-state index is 0.00444. The summed E-state index contributed by atoms with van der Waals surface area (Å²) >= 11 is 0. The summed E-state index contributed by atoms with van der Waals surface area (Å²) < 4.78 is 5.49. The van der Waals surface area contributed by atoms with Crippen LogP contribution in [-0.4, -0.2) is 12.5 Å². The molecule has 0 atom stereocenters. The Balaban J connectivity index is 1.89. The Kier molecular flexibility index (Phi) is 4.86. The highest BCUT2D eigenvalue weighted by Crippen LogP contribution is 2.23. The van der Waals surface area contributed by atoms with E-state index in [0.29, 0.717) is 5.75 Å². The molecule has 0 unspecified atom stereocenters. The van der Waals surface area contributed by atoms with E-state index in [1.54, 1.807) is 0 Å². The van der Waals surface area contributed by atoms with Crippen LogP contribution in [0.4, 0.5) is 5.69 Å². The van der Waals surface area contributed by atoms with Crippen molar-refractivity contribution in [2.24, 2.45) is 0 Å². The molecule has 2 aromatic rings. The largest absolute Gasteiger partial charge is 0.484 e. The zero-order valence-corrected chi connectivity index (χ0v) is 13.6. The van der Waals surface area contributed by atoms with Crippen LogP contribution in [-0.2, 0) is 10.2 Å². The van der Waals surface area contributed by atoms with Crippen LogP contribution in [0.1, 0.15) is 31.9 Å². The quantitative estimate of drug-likeness (QED) is 0.913. The highest BCUT2D eigenvalue weighted by atomic mass is 16.5. The third-order valence-corrected chi connectivity index (χ3v) is 3.39. The summed E-state index contributed by atoms with van der Waals surface area (Å²) in [7, 11) is 0. The first-order valence-electron chi connectivity index (χ1n) is 7.44. The maximum atomic E-state index is 11.9. The van der Waals surface area contributed by atoms with Gasteiger partial charge in [0.2, 0.25) is 0 Å². The Morgan fingerprint density at radius 3 is 2.36 bits per heavy atom. The molecule has 1 N–H and O–H groups in total. The molecule has 0 aliphatic carbocycles. The van der Waals surface area contributed by atoms with Crippen LogP contribution in [0, 0.1) is 6.92 Å². The predicted octanol–water partition coefficient (Wildman–Crippen LogP) is 4.31. The molecule has 3 heteroatoms. The fourth-order valence-corrected chi connectivity index (χ4v) is 2.10. The highest BCUT2D eigenvalue weighted by Gasteiger charge is 2.13. The smallest absolute Gasteiger partial charge is 0.262 e. The van der Waals surface area contributed by atoms with Crippen LogP contribution in [0.15, 0.2) is 48.5 Å². The molecule has 0 spiro atoms. The second-order valence-electron chi connectivity index (χ2n) is 6.48. The number of benzene rings is 2. The van der Waals surface area contributed by atoms with E-state index in [2.05, 4.69) is 26.1 Å². The number of hydrogen-bond donors (Lipinski definition) is 1. The second kappa shape index (κ2) is 6.65. The Labute approximate surface area is 132 Å². The second-order valence-corrected chi connectivity index (χ2v) is 6.48. The number of nitrogens with one attached hydrogen (secondary N) is 1. The van der Waals surface area contributed by atoms with E-state index in [1.807, 2.05) is 55.5 Å². The van der Waals surface area contributed by atoms with Crippen molar-refractivity contribution in [1.82, 2.24) is 0 Å². The van der Waals surface area contributed by atoms with Gasteiger partial charge in [-0.15, -0.1) is 0 Å². The van der Waals surface area contributed by atoms with Crippen molar-refractivity contribution in [1.29, 1.82) is 0 Å². The zero-order chi connectivity index (χ0) is 16.2. The highest BCUT2D eigenvalue weighted by molar-refractivity contribution is 5.91. The lowest BCUT2D eigenvalue weighted by Crippen LogP contribution is -2.20. The predicted molar refractivity (Wildman–Crippen MR) is 90.4 cm³/mol. The Hall–Kier alpha value is -2.29. The summed E-state index contributed by atoms with van der Waals surface area (Å²) in [5.41, 5.74) is 3.24. The van der Waals surface area contributed by atoms with Gasteiger partial charge in [-0.3, -0.25) is 4.79 Å². The zero-order valence-electron chi connectivity index (χ0n) is 13.6. The Bertz CT molecular complexity index is 639. The average Bonchev–Trinajstić information content (AvgIpc) is 2.45. The van der Waals surface area contributed by atoms with Crippen LogP contribution in [0.3, 0.4) is 0 Å². The molecule has 0 fully saturated rings. The monoisotopic (exact) mass is 297 g/mol. The molecule has 0 heterocycles. The number of hydrogen-bond acceptors (Lipinski definition) is 2. The van der Waals surface area contributed by atoms with E-state index in [9.17, 15) is 4.79 Å². The van der Waals surface area contributed by atoms with Gasteiger partial charge in [-0.1, -0.05) is 45.0 Å². The fourth-order valence-electron chi connectivity index (χ4n) is 2.10. The molecule has 116 valence electrons. The van der Waals surface area contributed by atoms with Gasteiger partial charge in [0.15, 0.2) is 6.61 Å². The van der Waals surface area contributed by atoms with Gasteiger partial charge in [-0.25, -0.2) is 0 Å². The number of carbonyl (C=O) groups excluding carboxylic acids is 1. The molecular formula is C19H23NO2. The lowest BCUT2D eigenvalue weighted by molar-refractivity contribution is -0.118. The SMILES string of the molecule is Cc1cccc(OCC(=O)Nc2ccc(C(C)(C)C)cc2)c1. The minimum Gasteiger partial charge on any atom is -0.484 e. The van der Waals surface area contributed by atoms with Crippen molar-refractivity contribution in [2.75, 3.05) is 11.9 Å². The van der Waals surface area contributed by atoms with E-state index in [4.69, 9.17) is 4.74 Å². The van der Waals surface area contributed by atoms with Crippen molar-refractivity contribution in [3.8, 4) is 5.75 Å². The van der Waals surface area contributed by atoms with Gasteiger partial charge in [0.05, 0.1) is 0 Å². The maximum absolute atomic E-state index is 11.9. The van der Waals surface area contributed by atoms with Gasteiger partial charge in [0.25, 0.3) is 5.91 Å². The van der Waals surface area contributed by atoms with E-state index < -0.39 is 0 Å². The molecule has 0 bridgehead atoms. The summed E-state index contributed by atoms with van der Waals surface area (Å²) in [6.07, 6.45) is 0. The van der Waals surface area contributed by atoms with Crippen molar-refractivity contribution in [2.45, 2.75) is 33.1 Å². The third-order valence-electron chi connectivity index (χ3n) is 3.39. The van der Waals surface area contributed by atoms with Gasteiger partial charge in [-0.2, -0.15) is 0 Å². The van der Waals surface area contributed by atoms with Crippen molar-refractivity contribution < 1.29 is 9.53 Å². The van der Waals surface area contributed by atoms with E-state index >= 15 is 0 Å². The average molecular weight is 297 g/mol. The normalized spacial score (nSPS) is 11.1. The molecule has 0 aliphatic heterocycles. The third kappa shape index (κ3) is 4.62. The van der Waals surface area contributed by atoms with E-state index in [1.165, 1.54) is 5.56 Å². The summed E-state index contributed by atoms with van der Waals surface area (Å²) in [4.78, 5) is 11.9. The number of anilines is 1. The van der Waals surface area contributed by atoms with Gasteiger partial charge < -0.3 is 10.1 Å². The van der Waals surface area contributed by atoms with Crippen molar-refractivity contribution in [3.63, 3.8) is 0 Å². The lowest BCUT2D eigenvalue weighted by Gasteiger charge is -2.19. The first kappa shape index (κ1) is 16.1. The summed E-state index contributed by atoms with van der Waals surface area (Å²) in [5, 5.41) is 2.84. The summed E-state index contributed by atoms with van der Waals surface area (Å²) in [6, 6.07) is 15.6. The number of carbonyl (C=O) groups is 1. The molecule has 0 aliphatic rings. The van der Waals surface area contributed by atoms with E-state index in [-0.39, 0.29) is 17.9 Å². The van der Waals surface area contributed by atoms with Crippen LogP contribution in [0.5, 0.6) is 5.75 Å². The molecule has 22 heavy (non-hydrogen) atoms. The first-order valence-corrected chi connectivity index (χ1v) is 7.44. The molecule has 1 amide bonds. The van der Waals surface area contributed by atoms with Gasteiger partial charge in [-0.05, 0) is 47.7 Å². The van der Waals surface area contributed by atoms with Gasteiger partial charge >= 0.3 is 0 Å². The summed E-state index contributed by atoms with van der Waals surface area (Å²) in [5.74, 6) is 0.545. The van der Waals surface area contributed by atoms with Crippen LogP contribution in [0.2, 0.25) is 0 Å². The molecule has 0 aromatic heterocycles. The van der Waals surface area contributed by atoms with Crippen molar-refractivity contribution in [3.05, 3.63) is 59.7 Å². The molecule has 2 rings (SSSR count). The lowest BCUT2D eigenvalue weighted by atomic mass is 9.87. The van der Waals surface area contributed by atoms with Crippen LogP contribution in [0.25, 0.3) is 0 Å². The molecule has 0 radical (unpaired) electrons. The number of ether oxygens (including phenoxy) is 1. The Morgan fingerprint density at radius 2 is 1.77 bits per heavy atom. The fraction of sp³-hybridized carbons (Fsp3) is 0.316. The molecular weight excluding hydrogens is 274 g/mol. The van der Waals surface area contributed by atoms with Crippen molar-refractivity contribution >= 4 is 11.6 Å². The van der Waals surface area contributed by atoms with Gasteiger partial charge in [0, 0.05) is 5.69 Å². The van der Waals surface area contributed by atoms with E-state index in [0.717, 1.165) is 11.3 Å². The number of rotatable bonds is 4. The minimum atomic E-state index is -0.162. The topological polar surface area (TPSA) is 38.3 Å². The summed E-state index contributed by atoms with van der Waals surface area (Å²) in [6.45, 7) is 8.48. The molecule has 0 saturated heterocycles. The molecule has 2 aromatic carbocycles. The van der Waals surface area contributed by atoms with Crippen LogP contribution >= 0.6 is 0 Å². The Morgan fingerprint density at radius 1 is 1.09 bits per heavy atom. The van der Waals surface area contributed by atoms with Crippen LogP contribution < -0.4 is 10.1 Å². The van der Waals surface area contributed by atoms with Gasteiger partial charge in [0.1, 0.15) is 5.75 Å². The standard InChI is InChI=1S/C19H23NO2/c1-14-6-5-7-17(12-14)22-13-18(21)20-16-10-8-15(9-11-16)19(2,3)4/h5-12H,13H2,1-4H3,(H,20,21). The first-order chi connectivity index (χ1) is 10.3. The molecule has 0 saturated carbocycles. The number of amides is 1. The molecule has 3 nitrogen and oxygen atoms in total.